The van der Waals surface area contributed by atoms with E-state index in [-0.39, 0.29) is 24.0 Å². The Balaban J connectivity index is 0.00000200. The Kier molecular flexibility index (Phi) is 6.70. The minimum Gasteiger partial charge on any atom is -0.354 e. The minimum atomic E-state index is 0. The van der Waals surface area contributed by atoms with E-state index in [1.807, 2.05) is 0 Å². The zero-order valence-corrected chi connectivity index (χ0v) is 15.0. The molecule has 0 fully saturated rings. The Bertz CT molecular complexity index is 454. The standard InChI is InChI=1S/C13H24N6.HI/c1-9(2)10(3)16-13(14-4)15-8-12-18-17-11-6-5-7-19(11)12;/h9-10H,5-8H2,1-4H3,(H2,14,15,16);1H. The van der Waals surface area contributed by atoms with Crippen LogP contribution in [-0.4, -0.2) is 33.8 Å². The quantitative estimate of drug-likeness (QED) is 0.464. The average molecular weight is 392 g/mol. The Labute approximate surface area is 137 Å². The highest BCUT2D eigenvalue weighted by molar-refractivity contribution is 14.0. The van der Waals surface area contributed by atoms with Gasteiger partial charge in [-0.15, -0.1) is 34.2 Å². The van der Waals surface area contributed by atoms with E-state index in [1.165, 1.54) is 6.42 Å². The molecule has 0 spiro atoms. The SMILES string of the molecule is CN=C(NCc1nnc2n1CCC2)NC(C)C(C)C.I. The maximum Gasteiger partial charge on any atom is 0.191 e. The fourth-order valence-electron chi connectivity index (χ4n) is 2.08. The summed E-state index contributed by atoms with van der Waals surface area (Å²) >= 11 is 0. The van der Waals surface area contributed by atoms with Gasteiger partial charge < -0.3 is 15.2 Å². The van der Waals surface area contributed by atoms with Crippen molar-refractivity contribution in [3.05, 3.63) is 11.6 Å². The summed E-state index contributed by atoms with van der Waals surface area (Å²) in [5, 5.41) is 15.1. The summed E-state index contributed by atoms with van der Waals surface area (Å²) in [5.74, 6) is 3.48. The van der Waals surface area contributed by atoms with E-state index in [2.05, 4.69) is 51.2 Å². The van der Waals surface area contributed by atoms with Crippen LogP contribution >= 0.6 is 24.0 Å². The zero-order valence-electron chi connectivity index (χ0n) is 12.7. The third-order valence-corrected chi connectivity index (χ3v) is 3.69. The van der Waals surface area contributed by atoms with Gasteiger partial charge in [-0.2, -0.15) is 0 Å². The number of guanidine groups is 1. The van der Waals surface area contributed by atoms with E-state index in [0.717, 1.165) is 30.6 Å². The van der Waals surface area contributed by atoms with Gasteiger partial charge in [0.15, 0.2) is 11.8 Å². The van der Waals surface area contributed by atoms with Gasteiger partial charge in [0.05, 0.1) is 6.54 Å². The van der Waals surface area contributed by atoms with Gasteiger partial charge in [0.1, 0.15) is 5.82 Å². The maximum atomic E-state index is 4.24. The maximum absolute atomic E-state index is 4.24. The van der Waals surface area contributed by atoms with E-state index in [4.69, 9.17) is 0 Å². The van der Waals surface area contributed by atoms with Crippen molar-refractivity contribution < 1.29 is 0 Å². The first-order chi connectivity index (χ1) is 9.11. The molecule has 0 bridgehead atoms. The van der Waals surface area contributed by atoms with Crippen LogP contribution in [0.2, 0.25) is 0 Å². The average Bonchev–Trinajstić information content (AvgIpc) is 2.97. The molecule has 0 saturated heterocycles. The molecule has 2 heterocycles. The highest BCUT2D eigenvalue weighted by Crippen LogP contribution is 2.13. The molecule has 1 unspecified atom stereocenters. The number of nitrogens with one attached hydrogen (secondary N) is 2. The van der Waals surface area contributed by atoms with Crippen molar-refractivity contribution in [2.75, 3.05) is 7.05 Å². The highest BCUT2D eigenvalue weighted by Gasteiger charge is 2.17. The third kappa shape index (κ3) is 4.07. The summed E-state index contributed by atoms with van der Waals surface area (Å²) in [6, 6.07) is 0.385. The Morgan fingerprint density at radius 2 is 2.10 bits per heavy atom. The van der Waals surface area contributed by atoms with Gasteiger partial charge in [-0.3, -0.25) is 4.99 Å². The van der Waals surface area contributed by atoms with Crippen molar-refractivity contribution in [1.29, 1.82) is 0 Å². The lowest BCUT2D eigenvalue weighted by Gasteiger charge is -2.20. The smallest absolute Gasteiger partial charge is 0.191 e. The number of halogens is 1. The first kappa shape index (κ1) is 17.2. The van der Waals surface area contributed by atoms with Crippen LogP contribution in [0.3, 0.4) is 0 Å². The van der Waals surface area contributed by atoms with E-state index in [1.54, 1.807) is 7.05 Å². The van der Waals surface area contributed by atoms with E-state index < -0.39 is 0 Å². The van der Waals surface area contributed by atoms with E-state index >= 15 is 0 Å². The van der Waals surface area contributed by atoms with Gasteiger partial charge in [0.25, 0.3) is 0 Å². The van der Waals surface area contributed by atoms with Crippen molar-refractivity contribution in [3.63, 3.8) is 0 Å². The molecule has 6 nitrogen and oxygen atoms in total. The number of aliphatic imine (C=N–C) groups is 1. The molecule has 2 rings (SSSR count). The molecule has 1 aromatic rings. The van der Waals surface area contributed by atoms with Crippen LogP contribution in [-0.2, 0) is 19.5 Å². The van der Waals surface area contributed by atoms with Crippen LogP contribution in [0.1, 0.15) is 38.8 Å². The van der Waals surface area contributed by atoms with Gasteiger partial charge in [0, 0.05) is 26.1 Å². The second-order valence-corrected chi connectivity index (χ2v) is 5.39. The summed E-state index contributed by atoms with van der Waals surface area (Å²) in [6.45, 7) is 8.24. The normalized spacial score (nSPS) is 15.8. The first-order valence-electron chi connectivity index (χ1n) is 7.00. The summed E-state index contributed by atoms with van der Waals surface area (Å²) < 4.78 is 2.20. The van der Waals surface area contributed by atoms with Crippen LogP contribution in [0, 0.1) is 5.92 Å². The van der Waals surface area contributed by atoms with Crippen molar-refractivity contribution in [3.8, 4) is 0 Å². The molecule has 0 saturated carbocycles. The van der Waals surface area contributed by atoms with Crippen LogP contribution in [0.25, 0.3) is 0 Å². The van der Waals surface area contributed by atoms with Crippen LogP contribution in [0.4, 0.5) is 0 Å². The lowest BCUT2D eigenvalue weighted by molar-refractivity contribution is 0.480. The molecule has 0 amide bonds. The predicted molar refractivity (Wildman–Crippen MR) is 91.4 cm³/mol. The predicted octanol–water partition coefficient (Wildman–Crippen LogP) is 1.55. The molecule has 0 aliphatic carbocycles. The second kappa shape index (κ2) is 7.80. The molecule has 114 valence electrons. The number of hydrogen-bond donors (Lipinski definition) is 2. The highest BCUT2D eigenvalue weighted by atomic mass is 127. The van der Waals surface area contributed by atoms with E-state index in [9.17, 15) is 0 Å². The van der Waals surface area contributed by atoms with Gasteiger partial charge in [0.2, 0.25) is 0 Å². The number of hydrogen-bond acceptors (Lipinski definition) is 3. The fraction of sp³-hybridized carbons (Fsp3) is 0.769. The molecule has 1 aliphatic rings. The van der Waals surface area contributed by atoms with Crippen molar-refractivity contribution >= 4 is 29.9 Å². The number of aromatic nitrogens is 3. The lowest BCUT2D eigenvalue weighted by atomic mass is 10.1. The molecule has 20 heavy (non-hydrogen) atoms. The molecule has 2 N–H and O–H groups in total. The second-order valence-electron chi connectivity index (χ2n) is 5.39. The molecule has 7 heteroatoms. The van der Waals surface area contributed by atoms with Crippen molar-refractivity contribution in [2.24, 2.45) is 10.9 Å². The molecule has 0 radical (unpaired) electrons. The monoisotopic (exact) mass is 392 g/mol. The summed E-state index contributed by atoms with van der Waals surface area (Å²) in [7, 11) is 1.79. The molecule has 1 atom stereocenters. The Hall–Kier alpha value is -0.860. The zero-order chi connectivity index (χ0) is 13.8. The topological polar surface area (TPSA) is 67.1 Å². The van der Waals surface area contributed by atoms with Crippen molar-refractivity contribution in [2.45, 2.75) is 52.7 Å². The fourth-order valence-corrected chi connectivity index (χ4v) is 2.08. The van der Waals surface area contributed by atoms with Crippen LogP contribution in [0.15, 0.2) is 4.99 Å². The Morgan fingerprint density at radius 3 is 2.75 bits per heavy atom. The molecule has 0 aromatic carbocycles. The van der Waals surface area contributed by atoms with Crippen molar-refractivity contribution in [1.82, 2.24) is 25.4 Å². The number of nitrogens with zero attached hydrogens (tertiary/aromatic N) is 4. The van der Waals surface area contributed by atoms with Gasteiger partial charge in [-0.05, 0) is 19.3 Å². The minimum absolute atomic E-state index is 0. The summed E-state index contributed by atoms with van der Waals surface area (Å²) in [5.41, 5.74) is 0. The summed E-state index contributed by atoms with van der Waals surface area (Å²) in [6.07, 6.45) is 2.22. The van der Waals surface area contributed by atoms with Gasteiger partial charge in [-0.1, -0.05) is 13.8 Å². The van der Waals surface area contributed by atoms with E-state index in [0.29, 0.717) is 18.5 Å². The van der Waals surface area contributed by atoms with Crippen LogP contribution in [0.5, 0.6) is 0 Å². The number of rotatable bonds is 4. The molecule has 1 aromatic heterocycles. The molecular formula is C13H25IN6. The molecular weight excluding hydrogens is 367 g/mol. The lowest BCUT2D eigenvalue weighted by Crippen LogP contribution is -2.44. The number of aryl methyl sites for hydroxylation is 1. The third-order valence-electron chi connectivity index (χ3n) is 3.69. The van der Waals surface area contributed by atoms with Crippen LogP contribution < -0.4 is 10.6 Å². The molecule has 1 aliphatic heterocycles. The number of fused-ring (bicyclic) bond motifs is 1. The summed E-state index contributed by atoms with van der Waals surface area (Å²) in [4.78, 5) is 4.24. The first-order valence-corrected chi connectivity index (χ1v) is 7.00. The van der Waals surface area contributed by atoms with Gasteiger partial charge >= 0.3 is 0 Å². The largest absolute Gasteiger partial charge is 0.354 e. The Morgan fingerprint density at radius 1 is 1.35 bits per heavy atom. The van der Waals surface area contributed by atoms with Gasteiger partial charge in [-0.25, -0.2) is 0 Å².